The van der Waals surface area contributed by atoms with Gasteiger partial charge in [-0.3, -0.25) is 14.9 Å². The molecule has 0 aliphatic carbocycles. The molecule has 6 nitrogen and oxygen atoms in total. The number of para-hydroxylation sites is 1. The Morgan fingerprint density at radius 2 is 2.20 bits per heavy atom. The molecule has 0 aliphatic heterocycles. The molecule has 1 aromatic heterocycles. The molecule has 0 saturated carbocycles. The average Bonchev–Trinajstić information content (AvgIpc) is 2.42. The third-order valence-corrected chi connectivity index (χ3v) is 2.83. The molecule has 1 heterocycles. The molecular weight excluding hydrogens is 284 g/mol. The molecule has 2 aromatic rings. The lowest BCUT2D eigenvalue weighted by atomic mass is 10.2. The number of aryl methyl sites for hydroxylation is 1. The second-order valence-electron chi connectivity index (χ2n) is 3.96. The molecule has 2 rings (SSSR count). The summed E-state index contributed by atoms with van der Waals surface area (Å²) in [6.45, 7) is 1.68. The molecule has 0 amide bonds. The van der Waals surface area contributed by atoms with E-state index in [9.17, 15) is 14.9 Å². The summed E-state index contributed by atoms with van der Waals surface area (Å²) in [6, 6.07) is 5.80. The first kappa shape index (κ1) is 14.0. The number of carbonyl (C=O) groups is 1. The van der Waals surface area contributed by atoms with E-state index in [4.69, 9.17) is 16.3 Å². The van der Waals surface area contributed by atoms with E-state index in [1.165, 1.54) is 24.4 Å². The Bertz CT molecular complexity index is 688. The lowest BCUT2D eigenvalue weighted by Gasteiger charge is -2.09. The zero-order chi connectivity index (χ0) is 14.7. The molecule has 7 heteroatoms. The number of aldehydes is 1. The molecule has 1 aromatic carbocycles. The second-order valence-corrected chi connectivity index (χ2v) is 4.36. The summed E-state index contributed by atoms with van der Waals surface area (Å²) in [5.41, 5.74) is 0.713. The maximum Gasteiger partial charge on any atom is 0.313 e. The van der Waals surface area contributed by atoms with Crippen LogP contribution in [0.1, 0.15) is 15.9 Å². The first-order chi connectivity index (χ1) is 9.52. The first-order valence-electron chi connectivity index (χ1n) is 5.55. The van der Waals surface area contributed by atoms with Crippen LogP contribution in [0.3, 0.4) is 0 Å². The van der Waals surface area contributed by atoms with Crippen LogP contribution in [0.15, 0.2) is 30.5 Å². The third kappa shape index (κ3) is 2.75. The lowest BCUT2D eigenvalue weighted by molar-refractivity contribution is -0.385. The van der Waals surface area contributed by atoms with Gasteiger partial charge in [-0.1, -0.05) is 17.7 Å². The average molecular weight is 293 g/mol. The molecule has 20 heavy (non-hydrogen) atoms. The number of carbonyl (C=O) groups excluding carboxylic acids is 1. The van der Waals surface area contributed by atoms with Crippen molar-refractivity contribution in [3.05, 3.63) is 56.7 Å². The van der Waals surface area contributed by atoms with Gasteiger partial charge in [0.1, 0.15) is 0 Å². The molecule has 0 N–H and O–H groups in total. The summed E-state index contributed by atoms with van der Waals surface area (Å²) in [7, 11) is 0. The van der Waals surface area contributed by atoms with Crippen LogP contribution in [0.2, 0.25) is 5.02 Å². The minimum Gasteiger partial charge on any atom is -0.430 e. The third-order valence-electron chi connectivity index (χ3n) is 2.53. The van der Waals surface area contributed by atoms with Crippen molar-refractivity contribution in [3.8, 4) is 11.6 Å². The Hall–Kier alpha value is -2.47. The Balaban J connectivity index is 2.44. The number of nitrogens with zero attached hydrogens (tertiary/aromatic N) is 2. The molecule has 102 valence electrons. The fraction of sp³-hybridized carbons (Fsp3) is 0.0769. The monoisotopic (exact) mass is 292 g/mol. The lowest BCUT2D eigenvalue weighted by Crippen LogP contribution is -1.97. The number of nitro groups is 1. The van der Waals surface area contributed by atoms with Crippen LogP contribution >= 0.6 is 11.6 Å². The number of nitro benzene ring substituents is 1. The van der Waals surface area contributed by atoms with Gasteiger partial charge in [0.25, 0.3) is 0 Å². The molecule has 0 fully saturated rings. The van der Waals surface area contributed by atoms with Crippen molar-refractivity contribution in [2.24, 2.45) is 0 Å². The molecule has 0 bridgehead atoms. The van der Waals surface area contributed by atoms with Gasteiger partial charge in [-0.2, -0.15) is 0 Å². The van der Waals surface area contributed by atoms with E-state index in [1.807, 2.05) is 0 Å². The molecule has 0 radical (unpaired) electrons. The molecular formula is C13H9ClN2O4. The van der Waals surface area contributed by atoms with Crippen molar-refractivity contribution in [1.82, 2.24) is 4.98 Å². The number of halogens is 1. The van der Waals surface area contributed by atoms with Crippen LogP contribution in [0.4, 0.5) is 5.69 Å². The molecule has 0 spiro atoms. The quantitative estimate of drug-likeness (QED) is 0.489. The van der Waals surface area contributed by atoms with E-state index in [0.29, 0.717) is 17.4 Å². The van der Waals surface area contributed by atoms with E-state index in [1.54, 1.807) is 13.0 Å². The van der Waals surface area contributed by atoms with E-state index in [0.717, 1.165) is 0 Å². The summed E-state index contributed by atoms with van der Waals surface area (Å²) in [5.74, 6) is 0.0837. The maximum atomic E-state index is 10.9. The van der Waals surface area contributed by atoms with E-state index in [2.05, 4.69) is 4.98 Å². The number of benzene rings is 1. The predicted molar refractivity (Wildman–Crippen MR) is 72.5 cm³/mol. The summed E-state index contributed by atoms with van der Waals surface area (Å²) in [5, 5.41) is 11.1. The van der Waals surface area contributed by atoms with Crippen LogP contribution in [-0.4, -0.2) is 16.2 Å². The van der Waals surface area contributed by atoms with E-state index >= 15 is 0 Å². The first-order valence-corrected chi connectivity index (χ1v) is 5.93. The second kappa shape index (κ2) is 5.66. The number of aromatic nitrogens is 1. The fourth-order valence-electron chi connectivity index (χ4n) is 1.59. The van der Waals surface area contributed by atoms with Crippen molar-refractivity contribution in [2.75, 3.05) is 0 Å². The molecule has 0 unspecified atom stereocenters. The zero-order valence-corrected chi connectivity index (χ0v) is 11.1. The van der Waals surface area contributed by atoms with Gasteiger partial charge in [0.2, 0.25) is 11.6 Å². The highest BCUT2D eigenvalue weighted by Crippen LogP contribution is 2.37. The highest BCUT2D eigenvalue weighted by atomic mass is 35.5. The fourth-order valence-corrected chi connectivity index (χ4v) is 1.80. The normalized spacial score (nSPS) is 10.1. The number of hydrogen-bond donors (Lipinski definition) is 0. The SMILES string of the molecule is Cc1cc(C=O)cnc1Oc1c(Cl)cccc1[N+](=O)[O-]. The van der Waals surface area contributed by atoms with Crippen LogP contribution in [0.5, 0.6) is 11.6 Å². The number of ether oxygens (including phenoxy) is 1. The van der Waals surface area contributed by atoms with Crippen LogP contribution in [-0.2, 0) is 0 Å². The predicted octanol–water partition coefficient (Wildman–Crippen LogP) is 3.56. The Morgan fingerprint density at radius 1 is 1.45 bits per heavy atom. The van der Waals surface area contributed by atoms with Crippen LogP contribution in [0.25, 0.3) is 0 Å². The molecule has 0 atom stereocenters. The van der Waals surface area contributed by atoms with E-state index in [-0.39, 0.29) is 22.3 Å². The van der Waals surface area contributed by atoms with Gasteiger partial charge in [-0.05, 0) is 19.1 Å². The topological polar surface area (TPSA) is 82.3 Å². The van der Waals surface area contributed by atoms with Crippen LogP contribution in [0, 0.1) is 17.0 Å². The molecule has 0 saturated heterocycles. The number of pyridine rings is 1. The van der Waals surface area contributed by atoms with Crippen molar-refractivity contribution < 1.29 is 14.5 Å². The maximum absolute atomic E-state index is 10.9. The summed E-state index contributed by atoms with van der Waals surface area (Å²) in [4.78, 5) is 24.9. The summed E-state index contributed by atoms with van der Waals surface area (Å²) in [6.07, 6.45) is 1.97. The van der Waals surface area contributed by atoms with Gasteiger partial charge in [0.05, 0.1) is 9.95 Å². The Labute approximate surface area is 119 Å². The smallest absolute Gasteiger partial charge is 0.313 e. The minimum absolute atomic E-state index is 0.0754. The summed E-state index contributed by atoms with van der Waals surface area (Å²) >= 11 is 5.92. The van der Waals surface area contributed by atoms with Gasteiger partial charge >= 0.3 is 5.69 Å². The van der Waals surface area contributed by atoms with Crippen molar-refractivity contribution in [3.63, 3.8) is 0 Å². The van der Waals surface area contributed by atoms with Crippen molar-refractivity contribution in [2.45, 2.75) is 6.92 Å². The highest BCUT2D eigenvalue weighted by molar-refractivity contribution is 6.32. The van der Waals surface area contributed by atoms with Crippen LogP contribution < -0.4 is 4.74 Å². The van der Waals surface area contributed by atoms with Gasteiger partial charge in [0.15, 0.2) is 6.29 Å². The van der Waals surface area contributed by atoms with Gasteiger partial charge in [-0.25, -0.2) is 4.98 Å². The number of rotatable bonds is 4. The largest absolute Gasteiger partial charge is 0.430 e. The molecule has 0 aliphatic rings. The Morgan fingerprint density at radius 3 is 2.80 bits per heavy atom. The van der Waals surface area contributed by atoms with Crippen molar-refractivity contribution in [1.29, 1.82) is 0 Å². The van der Waals surface area contributed by atoms with Gasteiger partial charge in [-0.15, -0.1) is 0 Å². The highest BCUT2D eigenvalue weighted by Gasteiger charge is 2.20. The summed E-state index contributed by atoms with van der Waals surface area (Å²) < 4.78 is 5.43. The minimum atomic E-state index is -0.587. The standard InChI is InChI=1S/C13H9ClN2O4/c1-8-5-9(7-17)6-15-13(8)20-12-10(14)3-2-4-11(12)16(18)19/h2-7H,1H3. The van der Waals surface area contributed by atoms with Gasteiger partial charge < -0.3 is 4.74 Å². The zero-order valence-electron chi connectivity index (χ0n) is 10.4. The Kier molecular flexibility index (Phi) is 3.95. The van der Waals surface area contributed by atoms with E-state index < -0.39 is 4.92 Å². The number of hydrogen-bond acceptors (Lipinski definition) is 5. The van der Waals surface area contributed by atoms with Crippen molar-refractivity contribution >= 4 is 23.6 Å². The van der Waals surface area contributed by atoms with Gasteiger partial charge in [0, 0.05) is 23.4 Å².